The van der Waals surface area contributed by atoms with Crippen molar-refractivity contribution < 1.29 is 4.79 Å². The molecule has 2 N–H and O–H groups in total. The molecule has 1 aromatic heterocycles. The molecule has 1 amide bonds. The Morgan fingerprint density at radius 2 is 2.08 bits per heavy atom. The van der Waals surface area contributed by atoms with Crippen LogP contribution in [0.5, 0.6) is 0 Å². The minimum atomic E-state index is -0.0517. The van der Waals surface area contributed by atoms with Crippen molar-refractivity contribution >= 4 is 22.6 Å². The molecule has 1 aliphatic heterocycles. The van der Waals surface area contributed by atoms with Gasteiger partial charge >= 0.3 is 0 Å². The minimum Gasteiger partial charge on any atom is -0.366 e. The van der Waals surface area contributed by atoms with E-state index in [0.29, 0.717) is 11.1 Å². The first-order valence-electron chi connectivity index (χ1n) is 8.71. The maximum absolute atomic E-state index is 12.4. The van der Waals surface area contributed by atoms with Crippen LogP contribution in [-0.2, 0) is 0 Å². The summed E-state index contributed by atoms with van der Waals surface area (Å²) in [7, 11) is 3.49. The average Bonchev–Trinajstić information content (AvgIpc) is 2.61. The fourth-order valence-electron chi connectivity index (χ4n) is 3.18. The van der Waals surface area contributed by atoms with Gasteiger partial charge in [0.1, 0.15) is 12.1 Å². The van der Waals surface area contributed by atoms with Crippen LogP contribution in [0.15, 0.2) is 24.5 Å². The van der Waals surface area contributed by atoms with Gasteiger partial charge in [-0.3, -0.25) is 9.69 Å². The van der Waals surface area contributed by atoms with Gasteiger partial charge in [-0.2, -0.15) is 0 Å². The number of benzene rings is 1. The summed E-state index contributed by atoms with van der Waals surface area (Å²) in [4.78, 5) is 25.2. The first-order valence-corrected chi connectivity index (χ1v) is 8.71. The summed E-state index contributed by atoms with van der Waals surface area (Å²) in [5, 5.41) is 7.74. The number of para-hydroxylation sites is 1. The third-order valence-corrected chi connectivity index (χ3v) is 4.43. The molecular weight excluding hydrogens is 316 g/mol. The van der Waals surface area contributed by atoms with E-state index in [-0.39, 0.29) is 11.9 Å². The summed E-state index contributed by atoms with van der Waals surface area (Å²) in [5.74, 6) is 0.727. The van der Waals surface area contributed by atoms with Crippen LogP contribution in [-0.4, -0.2) is 78.5 Å². The van der Waals surface area contributed by atoms with Crippen molar-refractivity contribution in [2.45, 2.75) is 13.0 Å². The molecule has 0 saturated carbocycles. The quantitative estimate of drug-likeness (QED) is 0.846. The van der Waals surface area contributed by atoms with Crippen molar-refractivity contribution in [3.05, 3.63) is 30.1 Å². The maximum Gasteiger partial charge on any atom is 0.255 e. The van der Waals surface area contributed by atoms with Crippen LogP contribution in [0.25, 0.3) is 10.9 Å². The topological polar surface area (TPSA) is 73.4 Å². The Bertz CT molecular complexity index is 741. The highest BCUT2D eigenvalue weighted by atomic mass is 16.2. The lowest BCUT2D eigenvalue weighted by Crippen LogP contribution is -2.47. The SMILES string of the molecule is C[C@@H](CN1CCNCC1)Nc1ncnc2c(C(=O)N(C)C)cccc12. The lowest BCUT2D eigenvalue weighted by molar-refractivity contribution is 0.0829. The zero-order chi connectivity index (χ0) is 17.8. The number of aromatic nitrogens is 2. The van der Waals surface area contributed by atoms with Crippen LogP contribution >= 0.6 is 0 Å². The standard InChI is InChI=1S/C18H26N6O/c1-13(11-24-9-7-19-8-10-24)22-17-14-5-4-6-15(18(25)23(2)3)16(14)20-12-21-17/h4-6,12-13,19H,7-11H2,1-3H3,(H,20,21,22)/t13-/m0/s1. The van der Waals surface area contributed by atoms with Gasteiger partial charge in [0.05, 0.1) is 11.1 Å². The number of rotatable bonds is 5. The van der Waals surface area contributed by atoms with Crippen molar-refractivity contribution in [1.29, 1.82) is 0 Å². The predicted molar refractivity (Wildman–Crippen MR) is 99.9 cm³/mol. The molecule has 2 heterocycles. The molecule has 1 aliphatic rings. The average molecular weight is 342 g/mol. The van der Waals surface area contributed by atoms with Gasteiger partial charge in [-0.1, -0.05) is 6.07 Å². The number of nitrogens with zero attached hydrogens (tertiary/aromatic N) is 4. The van der Waals surface area contributed by atoms with Crippen molar-refractivity contribution in [3.8, 4) is 0 Å². The fourth-order valence-corrected chi connectivity index (χ4v) is 3.18. The molecule has 0 unspecified atom stereocenters. The first-order chi connectivity index (χ1) is 12.1. The van der Waals surface area contributed by atoms with Crippen LogP contribution in [0.2, 0.25) is 0 Å². The third-order valence-electron chi connectivity index (χ3n) is 4.43. The van der Waals surface area contributed by atoms with Crippen molar-refractivity contribution in [2.75, 3.05) is 52.1 Å². The second-order valence-corrected chi connectivity index (χ2v) is 6.72. The Hall–Kier alpha value is -2.25. The van der Waals surface area contributed by atoms with Crippen molar-refractivity contribution in [3.63, 3.8) is 0 Å². The number of fused-ring (bicyclic) bond motifs is 1. The Kier molecular flexibility index (Phi) is 5.45. The summed E-state index contributed by atoms with van der Waals surface area (Å²) in [6, 6.07) is 5.91. The van der Waals surface area contributed by atoms with Gasteiger partial charge in [0.25, 0.3) is 5.91 Å². The number of hydrogen-bond acceptors (Lipinski definition) is 6. The van der Waals surface area contributed by atoms with Crippen molar-refractivity contribution in [2.24, 2.45) is 0 Å². The normalized spacial score (nSPS) is 16.6. The molecule has 0 bridgehead atoms. The van der Waals surface area contributed by atoms with E-state index in [9.17, 15) is 4.79 Å². The number of amides is 1. The number of piperazine rings is 1. The van der Waals surface area contributed by atoms with E-state index in [0.717, 1.165) is 43.9 Å². The van der Waals surface area contributed by atoms with E-state index >= 15 is 0 Å². The number of carbonyl (C=O) groups is 1. The van der Waals surface area contributed by atoms with Gasteiger partial charge in [0.15, 0.2) is 0 Å². The van der Waals surface area contributed by atoms with Crippen LogP contribution in [0.3, 0.4) is 0 Å². The Labute approximate surface area is 148 Å². The van der Waals surface area contributed by atoms with E-state index in [4.69, 9.17) is 0 Å². The van der Waals surface area contributed by atoms with Gasteiger partial charge < -0.3 is 15.5 Å². The Morgan fingerprint density at radius 3 is 2.80 bits per heavy atom. The third kappa shape index (κ3) is 4.05. The molecule has 1 aromatic carbocycles. The van der Waals surface area contributed by atoms with Gasteiger partial charge in [0, 0.05) is 58.2 Å². The van der Waals surface area contributed by atoms with E-state index in [1.54, 1.807) is 19.0 Å². The van der Waals surface area contributed by atoms with Gasteiger partial charge in [-0.15, -0.1) is 0 Å². The number of carbonyl (C=O) groups excluding carboxylic acids is 1. The maximum atomic E-state index is 12.4. The Balaban J connectivity index is 1.82. The monoisotopic (exact) mass is 342 g/mol. The van der Waals surface area contributed by atoms with Crippen LogP contribution in [0.1, 0.15) is 17.3 Å². The zero-order valence-corrected chi connectivity index (χ0v) is 15.1. The van der Waals surface area contributed by atoms with Crippen LogP contribution in [0, 0.1) is 0 Å². The number of nitrogens with one attached hydrogen (secondary N) is 2. The van der Waals surface area contributed by atoms with Crippen LogP contribution < -0.4 is 10.6 Å². The molecule has 7 nitrogen and oxygen atoms in total. The summed E-state index contributed by atoms with van der Waals surface area (Å²) >= 11 is 0. The van der Waals surface area contributed by atoms with E-state index in [1.807, 2.05) is 18.2 Å². The molecule has 3 rings (SSSR count). The molecule has 134 valence electrons. The smallest absolute Gasteiger partial charge is 0.255 e. The molecule has 7 heteroatoms. The number of hydrogen-bond donors (Lipinski definition) is 2. The molecule has 1 saturated heterocycles. The molecule has 0 aliphatic carbocycles. The van der Waals surface area contributed by atoms with Crippen molar-refractivity contribution in [1.82, 2.24) is 25.1 Å². The summed E-state index contributed by atoms with van der Waals surface area (Å²) in [5.41, 5.74) is 1.29. The molecule has 0 spiro atoms. The lowest BCUT2D eigenvalue weighted by atomic mass is 10.1. The van der Waals surface area contributed by atoms with E-state index in [1.165, 1.54) is 6.33 Å². The van der Waals surface area contributed by atoms with Crippen LogP contribution in [0.4, 0.5) is 5.82 Å². The highest BCUT2D eigenvalue weighted by molar-refractivity contribution is 6.07. The first kappa shape index (κ1) is 17.6. The minimum absolute atomic E-state index is 0.0517. The fraction of sp³-hybridized carbons (Fsp3) is 0.500. The Morgan fingerprint density at radius 1 is 1.32 bits per heavy atom. The molecular formula is C18H26N6O. The van der Waals surface area contributed by atoms with Gasteiger partial charge in [0.2, 0.25) is 0 Å². The van der Waals surface area contributed by atoms with Gasteiger partial charge in [-0.05, 0) is 19.1 Å². The molecule has 2 aromatic rings. The molecule has 1 fully saturated rings. The predicted octanol–water partition coefficient (Wildman–Crippen LogP) is 1.04. The summed E-state index contributed by atoms with van der Waals surface area (Å²) in [6.07, 6.45) is 1.52. The second kappa shape index (κ2) is 7.76. The highest BCUT2D eigenvalue weighted by Gasteiger charge is 2.17. The molecule has 25 heavy (non-hydrogen) atoms. The molecule has 1 atom stereocenters. The summed E-state index contributed by atoms with van der Waals surface area (Å²) < 4.78 is 0. The number of anilines is 1. The van der Waals surface area contributed by atoms with E-state index < -0.39 is 0 Å². The zero-order valence-electron chi connectivity index (χ0n) is 15.1. The molecule has 0 radical (unpaired) electrons. The van der Waals surface area contributed by atoms with Gasteiger partial charge in [-0.25, -0.2) is 9.97 Å². The summed E-state index contributed by atoms with van der Waals surface area (Å²) in [6.45, 7) is 7.34. The second-order valence-electron chi connectivity index (χ2n) is 6.72. The largest absolute Gasteiger partial charge is 0.366 e. The highest BCUT2D eigenvalue weighted by Crippen LogP contribution is 2.23. The van der Waals surface area contributed by atoms with E-state index in [2.05, 4.69) is 32.4 Å². The lowest BCUT2D eigenvalue weighted by Gasteiger charge is -2.30.